The minimum absolute atomic E-state index is 0.103. The summed E-state index contributed by atoms with van der Waals surface area (Å²) in [6, 6.07) is 2.97. The van der Waals surface area contributed by atoms with Crippen LogP contribution in [0.15, 0.2) is 24.5 Å². The molecule has 1 aliphatic heterocycles. The highest BCUT2D eigenvalue weighted by atomic mass is 19.4. The van der Waals surface area contributed by atoms with Gasteiger partial charge in [-0.05, 0) is 31.2 Å². The molecule has 2 bridgehead atoms. The number of nitrogens with zero attached hydrogens (tertiary/aromatic N) is 4. The Kier molecular flexibility index (Phi) is 4.92. The highest BCUT2D eigenvalue weighted by Gasteiger charge is 2.58. The van der Waals surface area contributed by atoms with Gasteiger partial charge in [-0.1, -0.05) is 0 Å². The van der Waals surface area contributed by atoms with Crippen LogP contribution in [0, 0.1) is 5.92 Å². The molecule has 3 aromatic heterocycles. The molecule has 1 amide bonds. The van der Waals surface area contributed by atoms with Gasteiger partial charge in [0.25, 0.3) is 0 Å². The molecule has 0 radical (unpaired) electrons. The Morgan fingerprint density at radius 3 is 2.86 bits per heavy atom. The lowest BCUT2D eigenvalue weighted by atomic mass is 9.50. The van der Waals surface area contributed by atoms with Crippen molar-refractivity contribution >= 4 is 23.5 Å². The number of H-pyrrole nitrogens is 1. The molecule has 4 fully saturated rings. The zero-order valence-corrected chi connectivity index (χ0v) is 18.2. The third kappa shape index (κ3) is 4.15. The topological polar surface area (TPSA) is 118 Å². The van der Waals surface area contributed by atoms with Crippen LogP contribution in [0.2, 0.25) is 0 Å². The van der Waals surface area contributed by atoms with Gasteiger partial charge in [0.2, 0.25) is 5.95 Å². The zero-order valence-electron chi connectivity index (χ0n) is 18.2. The van der Waals surface area contributed by atoms with E-state index in [0.717, 1.165) is 19.3 Å². The van der Waals surface area contributed by atoms with E-state index in [1.807, 2.05) is 0 Å². The Morgan fingerprint density at radius 2 is 2.14 bits per heavy atom. The average molecular weight is 495 g/mol. The Labute approximate surface area is 195 Å². The van der Waals surface area contributed by atoms with Crippen LogP contribution in [0.25, 0.3) is 5.65 Å². The van der Waals surface area contributed by atoms with Crippen LogP contribution in [-0.4, -0.2) is 61.3 Å². The van der Waals surface area contributed by atoms with Crippen LogP contribution in [0.5, 0.6) is 0 Å². The van der Waals surface area contributed by atoms with Crippen molar-refractivity contribution in [3.63, 3.8) is 0 Å². The number of anilines is 2. The summed E-state index contributed by atoms with van der Waals surface area (Å²) < 4.78 is 65.3. The van der Waals surface area contributed by atoms with Crippen molar-refractivity contribution in [2.45, 2.75) is 55.8 Å². The summed E-state index contributed by atoms with van der Waals surface area (Å²) >= 11 is 0. The minimum Gasteiger partial charge on any atom is -0.441 e. The number of alkyl halides is 4. The van der Waals surface area contributed by atoms with E-state index in [1.165, 1.54) is 28.9 Å². The number of fused-ring (bicyclic) bond motifs is 1. The summed E-state index contributed by atoms with van der Waals surface area (Å²) in [5.74, 6) is 1.11. The maximum atomic E-state index is 15.0. The van der Waals surface area contributed by atoms with Gasteiger partial charge in [-0.3, -0.25) is 9.50 Å². The maximum Gasteiger partial charge on any atom is 0.408 e. The van der Waals surface area contributed by atoms with Crippen LogP contribution in [0.3, 0.4) is 0 Å². The molecule has 3 aromatic rings. The van der Waals surface area contributed by atoms with Crippen LogP contribution < -0.4 is 10.6 Å². The molecule has 0 spiro atoms. The van der Waals surface area contributed by atoms with Gasteiger partial charge in [0.1, 0.15) is 11.8 Å². The fourth-order valence-electron chi connectivity index (χ4n) is 4.97. The fraction of sp³-hybridized carbons (Fsp3) is 0.524. The molecule has 35 heavy (non-hydrogen) atoms. The number of rotatable bonds is 6. The van der Waals surface area contributed by atoms with Crippen LogP contribution in [-0.2, 0) is 15.9 Å². The molecule has 3 saturated carbocycles. The highest BCUT2D eigenvalue weighted by Crippen LogP contribution is 2.57. The predicted molar refractivity (Wildman–Crippen MR) is 112 cm³/mol. The fourth-order valence-corrected chi connectivity index (χ4v) is 4.97. The molecule has 3 N–H and O–H groups in total. The second kappa shape index (κ2) is 7.80. The number of aromatic nitrogens is 5. The van der Waals surface area contributed by atoms with Gasteiger partial charge in [-0.15, -0.1) is 0 Å². The molecule has 10 nitrogen and oxygen atoms in total. The van der Waals surface area contributed by atoms with Gasteiger partial charge in [-0.2, -0.15) is 18.3 Å². The van der Waals surface area contributed by atoms with Crippen molar-refractivity contribution < 1.29 is 31.8 Å². The predicted octanol–water partition coefficient (Wildman–Crippen LogP) is 3.36. The molecule has 3 atom stereocenters. The quantitative estimate of drug-likeness (QED) is 0.449. The summed E-state index contributed by atoms with van der Waals surface area (Å²) in [5.41, 5.74) is 0.259. The maximum absolute atomic E-state index is 15.0. The monoisotopic (exact) mass is 495 g/mol. The number of hydrogen-bond acceptors (Lipinski definition) is 7. The van der Waals surface area contributed by atoms with Crippen LogP contribution in [0.1, 0.15) is 36.8 Å². The normalized spacial score (nSPS) is 29.5. The third-order valence-electron chi connectivity index (χ3n) is 6.71. The summed E-state index contributed by atoms with van der Waals surface area (Å²) in [4.78, 5) is 20.2. The second-order valence-corrected chi connectivity index (χ2v) is 9.38. The second-order valence-electron chi connectivity index (χ2n) is 9.38. The first kappa shape index (κ1) is 22.1. The number of halogens is 4. The Morgan fingerprint density at radius 1 is 1.34 bits per heavy atom. The molecule has 186 valence electrons. The number of nitrogens with one attached hydrogen (secondary N) is 3. The standard InChI is InChI=1S/C21H21F4N7O3/c22-16-13(35-19(33)29-20-4-10(5-20)6-20)9-34-17(16)12-3-14(31-30-12)28-18-26-2-1-15-27-11(8-32(15)18)7-21(23,24)25/h1-3,8,10,13,16-17H,4-7,9H2,(H,29,33)(H2,26,28,30,31)/t10?,13-,16-,17-,20?/m1/s1. The molecular weight excluding hydrogens is 474 g/mol. The summed E-state index contributed by atoms with van der Waals surface area (Å²) in [5, 5.41) is 12.5. The van der Waals surface area contributed by atoms with E-state index < -0.39 is 37.1 Å². The first-order chi connectivity index (χ1) is 16.7. The molecule has 1 saturated heterocycles. The van der Waals surface area contributed by atoms with Crippen molar-refractivity contribution in [1.29, 1.82) is 0 Å². The first-order valence-electron chi connectivity index (χ1n) is 11.1. The van der Waals surface area contributed by atoms with E-state index in [-0.39, 0.29) is 35.3 Å². The molecule has 0 unspecified atom stereocenters. The van der Waals surface area contributed by atoms with Crippen molar-refractivity contribution in [2.24, 2.45) is 5.92 Å². The van der Waals surface area contributed by atoms with Crippen molar-refractivity contribution in [1.82, 2.24) is 29.9 Å². The SMILES string of the molecule is O=C(NC12CC(C1)C2)O[C@@H]1CO[C@H](c2cc(Nc3nccc4nc(CC(F)(F)F)cn34)n[nH]2)[C@@H]1F. The van der Waals surface area contributed by atoms with Gasteiger partial charge in [0.15, 0.2) is 18.1 Å². The van der Waals surface area contributed by atoms with Gasteiger partial charge >= 0.3 is 12.3 Å². The van der Waals surface area contributed by atoms with Gasteiger partial charge < -0.3 is 20.1 Å². The van der Waals surface area contributed by atoms with E-state index in [0.29, 0.717) is 11.6 Å². The number of carbonyl (C=O) groups excluding carboxylic acids is 1. The number of hydrogen-bond donors (Lipinski definition) is 3. The van der Waals surface area contributed by atoms with E-state index in [4.69, 9.17) is 9.47 Å². The molecule has 7 rings (SSSR count). The number of ether oxygens (including phenoxy) is 2. The molecule has 4 heterocycles. The van der Waals surface area contributed by atoms with E-state index in [9.17, 15) is 18.0 Å². The van der Waals surface area contributed by atoms with Crippen molar-refractivity contribution in [3.8, 4) is 0 Å². The number of carbonyl (C=O) groups is 1. The number of aromatic amines is 1. The molecule has 14 heteroatoms. The van der Waals surface area contributed by atoms with Crippen molar-refractivity contribution in [3.05, 3.63) is 35.9 Å². The average Bonchev–Trinajstić information content (AvgIpc) is 3.42. The lowest BCUT2D eigenvalue weighted by Crippen LogP contribution is -2.68. The summed E-state index contributed by atoms with van der Waals surface area (Å²) in [6.07, 6.45) is -4.42. The first-order valence-corrected chi connectivity index (χ1v) is 11.1. The van der Waals surface area contributed by atoms with E-state index >= 15 is 4.39 Å². The minimum atomic E-state index is -4.39. The Balaban J connectivity index is 1.11. The van der Waals surface area contributed by atoms with Gasteiger partial charge in [0, 0.05) is 24.0 Å². The highest BCUT2D eigenvalue weighted by molar-refractivity contribution is 5.69. The molecule has 0 aromatic carbocycles. The van der Waals surface area contributed by atoms with Crippen LogP contribution in [0.4, 0.5) is 34.1 Å². The Hall–Kier alpha value is -3.42. The van der Waals surface area contributed by atoms with Gasteiger partial charge in [-0.25, -0.2) is 19.2 Å². The number of alkyl carbamates (subject to hydrolysis) is 1. The number of amides is 1. The Bertz CT molecular complexity index is 1260. The summed E-state index contributed by atoms with van der Waals surface area (Å²) in [6.45, 7) is -0.103. The number of imidazole rings is 1. The molecule has 4 aliphatic rings. The smallest absolute Gasteiger partial charge is 0.408 e. The van der Waals surface area contributed by atoms with E-state index in [2.05, 4.69) is 30.8 Å². The van der Waals surface area contributed by atoms with E-state index in [1.54, 1.807) is 0 Å². The summed E-state index contributed by atoms with van der Waals surface area (Å²) in [7, 11) is 0. The lowest BCUT2D eigenvalue weighted by molar-refractivity contribution is -0.127. The van der Waals surface area contributed by atoms with Crippen LogP contribution >= 0.6 is 0 Å². The zero-order chi connectivity index (χ0) is 24.4. The third-order valence-corrected chi connectivity index (χ3v) is 6.71. The van der Waals surface area contributed by atoms with Crippen molar-refractivity contribution in [2.75, 3.05) is 11.9 Å². The largest absolute Gasteiger partial charge is 0.441 e. The molecule has 3 aliphatic carbocycles. The lowest BCUT2D eigenvalue weighted by Gasteiger charge is -2.61. The molecular formula is C21H21F4N7O3. The van der Waals surface area contributed by atoms with Gasteiger partial charge in [0.05, 0.1) is 24.4 Å².